The molecule has 0 radical (unpaired) electrons. The molecule has 0 spiro atoms. The standard InChI is InChI=1S/C21H24ClN3/c1-15(19-10-7-11-20(22)12-19)23-13-21-16(2)24-25(17(21)3)14-18-8-5-4-6-9-18/h4-12,15,23H,13-14H2,1-3H3/t15-/m1/s1. The number of aromatic nitrogens is 2. The number of hydrogen-bond donors (Lipinski definition) is 1. The van der Waals surface area contributed by atoms with E-state index in [-0.39, 0.29) is 6.04 Å². The molecule has 3 aromatic rings. The van der Waals surface area contributed by atoms with Crippen LogP contribution in [0.1, 0.15) is 41.0 Å². The van der Waals surface area contributed by atoms with Crippen LogP contribution in [0.4, 0.5) is 0 Å². The second-order valence-electron chi connectivity index (χ2n) is 6.45. The summed E-state index contributed by atoms with van der Waals surface area (Å²) < 4.78 is 2.09. The summed E-state index contributed by atoms with van der Waals surface area (Å²) in [6.45, 7) is 7.97. The number of aryl methyl sites for hydroxylation is 1. The Bertz CT molecular complexity index is 840. The van der Waals surface area contributed by atoms with Crippen LogP contribution in [0.2, 0.25) is 5.02 Å². The van der Waals surface area contributed by atoms with Crippen molar-refractivity contribution >= 4 is 11.6 Å². The quantitative estimate of drug-likeness (QED) is 0.671. The molecule has 3 nitrogen and oxygen atoms in total. The van der Waals surface area contributed by atoms with E-state index in [1.165, 1.54) is 22.4 Å². The lowest BCUT2D eigenvalue weighted by Crippen LogP contribution is -2.19. The van der Waals surface area contributed by atoms with E-state index in [1.54, 1.807) is 0 Å². The monoisotopic (exact) mass is 353 g/mol. The zero-order valence-electron chi connectivity index (χ0n) is 15.0. The molecule has 0 unspecified atom stereocenters. The number of hydrogen-bond acceptors (Lipinski definition) is 2. The van der Waals surface area contributed by atoms with Gasteiger partial charge in [-0.3, -0.25) is 4.68 Å². The third kappa shape index (κ3) is 4.30. The number of benzene rings is 2. The molecule has 25 heavy (non-hydrogen) atoms. The molecule has 0 aliphatic heterocycles. The summed E-state index contributed by atoms with van der Waals surface area (Å²) in [5, 5.41) is 9.09. The van der Waals surface area contributed by atoms with E-state index in [1.807, 2.05) is 24.3 Å². The molecule has 1 atom stereocenters. The summed E-state index contributed by atoms with van der Waals surface area (Å²) in [6.07, 6.45) is 0. The highest BCUT2D eigenvalue weighted by molar-refractivity contribution is 6.30. The normalized spacial score (nSPS) is 12.3. The van der Waals surface area contributed by atoms with Gasteiger partial charge in [-0.25, -0.2) is 0 Å². The summed E-state index contributed by atoms with van der Waals surface area (Å²) in [6, 6.07) is 18.7. The molecular formula is C21H24ClN3. The van der Waals surface area contributed by atoms with Gasteiger partial charge in [-0.15, -0.1) is 0 Å². The zero-order valence-corrected chi connectivity index (χ0v) is 15.7. The maximum absolute atomic E-state index is 6.10. The smallest absolute Gasteiger partial charge is 0.0662 e. The van der Waals surface area contributed by atoms with Crippen LogP contribution in [0.15, 0.2) is 54.6 Å². The predicted molar refractivity (Wildman–Crippen MR) is 104 cm³/mol. The SMILES string of the molecule is Cc1nn(Cc2ccccc2)c(C)c1CN[C@H](C)c1cccc(Cl)c1. The number of rotatable bonds is 6. The molecule has 1 aromatic heterocycles. The lowest BCUT2D eigenvalue weighted by atomic mass is 10.1. The van der Waals surface area contributed by atoms with Crippen LogP contribution < -0.4 is 5.32 Å². The highest BCUT2D eigenvalue weighted by atomic mass is 35.5. The summed E-state index contributed by atoms with van der Waals surface area (Å²) >= 11 is 6.10. The lowest BCUT2D eigenvalue weighted by Gasteiger charge is -2.15. The number of nitrogens with one attached hydrogen (secondary N) is 1. The van der Waals surface area contributed by atoms with Crippen molar-refractivity contribution in [1.29, 1.82) is 0 Å². The number of nitrogens with zero attached hydrogens (tertiary/aromatic N) is 2. The van der Waals surface area contributed by atoms with Crippen LogP contribution in [0.5, 0.6) is 0 Å². The maximum atomic E-state index is 6.10. The van der Waals surface area contributed by atoms with Gasteiger partial charge in [-0.2, -0.15) is 5.10 Å². The van der Waals surface area contributed by atoms with E-state index in [4.69, 9.17) is 16.7 Å². The van der Waals surface area contributed by atoms with Crippen molar-refractivity contribution in [1.82, 2.24) is 15.1 Å². The second-order valence-corrected chi connectivity index (χ2v) is 6.89. The van der Waals surface area contributed by atoms with Crippen molar-refractivity contribution in [3.8, 4) is 0 Å². The Hall–Kier alpha value is -2.10. The third-order valence-electron chi connectivity index (χ3n) is 4.64. The highest BCUT2D eigenvalue weighted by Gasteiger charge is 2.13. The van der Waals surface area contributed by atoms with E-state index in [2.05, 4.69) is 61.1 Å². The Morgan fingerprint density at radius 1 is 1.08 bits per heavy atom. The molecule has 0 amide bonds. The van der Waals surface area contributed by atoms with E-state index in [9.17, 15) is 0 Å². The van der Waals surface area contributed by atoms with Crippen molar-refractivity contribution in [2.75, 3.05) is 0 Å². The lowest BCUT2D eigenvalue weighted by molar-refractivity contribution is 0.571. The molecule has 0 saturated carbocycles. The molecule has 0 aliphatic rings. The van der Waals surface area contributed by atoms with Gasteiger partial charge in [0.25, 0.3) is 0 Å². The van der Waals surface area contributed by atoms with Gasteiger partial charge in [0.1, 0.15) is 0 Å². The predicted octanol–water partition coefficient (Wildman–Crippen LogP) is 5.05. The minimum Gasteiger partial charge on any atom is -0.306 e. The molecule has 0 saturated heterocycles. The van der Waals surface area contributed by atoms with Gasteiger partial charge in [0.05, 0.1) is 12.2 Å². The molecule has 0 aliphatic carbocycles. The van der Waals surface area contributed by atoms with Crippen molar-refractivity contribution in [2.45, 2.75) is 39.9 Å². The van der Waals surface area contributed by atoms with Crippen molar-refractivity contribution in [3.05, 3.63) is 87.7 Å². The fraction of sp³-hybridized carbons (Fsp3) is 0.286. The summed E-state index contributed by atoms with van der Waals surface area (Å²) in [7, 11) is 0. The molecule has 4 heteroatoms. The van der Waals surface area contributed by atoms with E-state index in [0.29, 0.717) is 0 Å². The first-order valence-electron chi connectivity index (χ1n) is 8.60. The Morgan fingerprint density at radius 3 is 2.56 bits per heavy atom. The minimum atomic E-state index is 0.231. The molecule has 130 valence electrons. The van der Waals surface area contributed by atoms with Gasteiger partial charge in [0.2, 0.25) is 0 Å². The second kappa shape index (κ2) is 7.85. The Morgan fingerprint density at radius 2 is 1.84 bits per heavy atom. The van der Waals surface area contributed by atoms with Gasteiger partial charge < -0.3 is 5.32 Å². The fourth-order valence-corrected chi connectivity index (χ4v) is 3.25. The van der Waals surface area contributed by atoms with Crippen LogP contribution in [0.3, 0.4) is 0 Å². The number of halogens is 1. The Balaban J connectivity index is 1.70. The van der Waals surface area contributed by atoms with Gasteiger partial charge in [0.15, 0.2) is 0 Å². The summed E-state index contributed by atoms with van der Waals surface area (Å²) in [4.78, 5) is 0. The van der Waals surface area contributed by atoms with E-state index in [0.717, 1.165) is 23.8 Å². The largest absolute Gasteiger partial charge is 0.306 e. The van der Waals surface area contributed by atoms with Crippen LogP contribution in [0, 0.1) is 13.8 Å². The first-order chi connectivity index (χ1) is 12.0. The van der Waals surface area contributed by atoms with Gasteiger partial charge >= 0.3 is 0 Å². The minimum absolute atomic E-state index is 0.231. The Labute approximate surface area is 154 Å². The first kappa shape index (κ1) is 17.7. The molecule has 3 rings (SSSR count). The van der Waals surface area contributed by atoms with E-state index < -0.39 is 0 Å². The fourth-order valence-electron chi connectivity index (χ4n) is 3.05. The third-order valence-corrected chi connectivity index (χ3v) is 4.88. The van der Waals surface area contributed by atoms with Crippen LogP contribution in [0.25, 0.3) is 0 Å². The highest BCUT2D eigenvalue weighted by Crippen LogP contribution is 2.20. The van der Waals surface area contributed by atoms with Gasteiger partial charge in [-0.1, -0.05) is 54.1 Å². The van der Waals surface area contributed by atoms with Crippen molar-refractivity contribution in [2.24, 2.45) is 0 Å². The summed E-state index contributed by atoms with van der Waals surface area (Å²) in [5.41, 5.74) is 6.02. The Kier molecular flexibility index (Phi) is 5.57. The first-order valence-corrected chi connectivity index (χ1v) is 8.98. The van der Waals surface area contributed by atoms with Crippen molar-refractivity contribution in [3.63, 3.8) is 0 Å². The summed E-state index contributed by atoms with van der Waals surface area (Å²) in [5.74, 6) is 0. The topological polar surface area (TPSA) is 29.9 Å². The maximum Gasteiger partial charge on any atom is 0.0662 e. The van der Waals surface area contributed by atoms with E-state index >= 15 is 0 Å². The van der Waals surface area contributed by atoms with Crippen LogP contribution >= 0.6 is 11.6 Å². The zero-order chi connectivity index (χ0) is 17.8. The van der Waals surface area contributed by atoms with Crippen LogP contribution in [-0.2, 0) is 13.1 Å². The van der Waals surface area contributed by atoms with Crippen molar-refractivity contribution < 1.29 is 0 Å². The molecule has 2 aromatic carbocycles. The molecule has 0 bridgehead atoms. The van der Waals surface area contributed by atoms with Gasteiger partial charge in [0, 0.05) is 28.9 Å². The molecule has 1 N–H and O–H groups in total. The van der Waals surface area contributed by atoms with Gasteiger partial charge in [-0.05, 0) is 44.0 Å². The molecular weight excluding hydrogens is 330 g/mol. The molecule has 1 heterocycles. The average molecular weight is 354 g/mol. The van der Waals surface area contributed by atoms with Crippen LogP contribution in [-0.4, -0.2) is 9.78 Å². The average Bonchev–Trinajstić information content (AvgIpc) is 2.87. The molecule has 0 fully saturated rings.